The minimum atomic E-state index is -4.65. The normalized spacial score (nSPS) is 18.5. The number of hydrogen-bond acceptors (Lipinski definition) is 4. The van der Waals surface area contributed by atoms with Crippen molar-refractivity contribution in [3.05, 3.63) is 53.7 Å². The molecule has 2 heterocycles. The number of benzene rings is 1. The van der Waals surface area contributed by atoms with Gasteiger partial charge in [-0.3, -0.25) is 4.79 Å². The van der Waals surface area contributed by atoms with Gasteiger partial charge in [-0.2, -0.15) is 18.2 Å². The van der Waals surface area contributed by atoms with Gasteiger partial charge in [0, 0.05) is 25.1 Å². The fraction of sp³-hybridized carbons (Fsp3) is 0.312. The molecule has 1 amide bonds. The van der Waals surface area contributed by atoms with Crippen LogP contribution in [0, 0.1) is 0 Å². The van der Waals surface area contributed by atoms with E-state index < -0.39 is 12.1 Å². The molecule has 1 atom stereocenters. The number of likely N-dealkylation sites (tertiary alicyclic amines) is 1. The van der Waals surface area contributed by atoms with E-state index in [0.29, 0.717) is 13.0 Å². The Labute approximate surface area is 135 Å². The molecule has 0 aliphatic carbocycles. The standard InChI is InChI=1S/C16H14F3N3O2/c17-16(18,19)15-20-14(21-24-15)12-8-9-22(10-12)13(23)7-6-11-4-2-1-3-5-11/h1-7,12H,8-10H2/b7-6+. The molecule has 0 spiro atoms. The van der Waals surface area contributed by atoms with Gasteiger partial charge < -0.3 is 9.42 Å². The number of hydrogen-bond donors (Lipinski definition) is 0. The van der Waals surface area contributed by atoms with Gasteiger partial charge in [-0.15, -0.1) is 0 Å². The third-order valence-electron chi connectivity index (χ3n) is 3.77. The van der Waals surface area contributed by atoms with Crippen molar-refractivity contribution < 1.29 is 22.5 Å². The molecule has 1 aliphatic heterocycles. The van der Waals surface area contributed by atoms with Crippen LogP contribution in [0.25, 0.3) is 6.08 Å². The van der Waals surface area contributed by atoms with Crippen LogP contribution in [-0.2, 0) is 11.0 Å². The summed E-state index contributed by atoms with van der Waals surface area (Å²) in [5, 5.41) is 3.39. The van der Waals surface area contributed by atoms with Crippen molar-refractivity contribution in [2.75, 3.05) is 13.1 Å². The van der Waals surface area contributed by atoms with Crippen molar-refractivity contribution in [1.29, 1.82) is 0 Å². The minimum Gasteiger partial charge on any atom is -0.338 e. The van der Waals surface area contributed by atoms with Crippen molar-refractivity contribution in [2.45, 2.75) is 18.5 Å². The Morgan fingerprint density at radius 2 is 2.04 bits per heavy atom. The van der Waals surface area contributed by atoms with Gasteiger partial charge in [0.2, 0.25) is 5.91 Å². The molecule has 1 unspecified atom stereocenters. The Kier molecular flexibility index (Phi) is 4.37. The number of alkyl halides is 3. The van der Waals surface area contributed by atoms with Crippen molar-refractivity contribution in [3.63, 3.8) is 0 Å². The highest BCUT2D eigenvalue weighted by molar-refractivity contribution is 5.92. The molecule has 0 saturated carbocycles. The average molecular weight is 337 g/mol. The first kappa shape index (κ1) is 16.2. The topological polar surface area (TPSA) is 59.2 Å². The number of nitrogens with zero attached hydrogens (tertiary/aromatic N) is 3. The van der Waals surface area contributed by atoms with Gasteiger partial charge in [0.25, 0.3) is 0 Å². The van der Waals surface area contributed by atoms with Gasteiger partial charge in [0.05, 0.1) is 0 Å². The molecule has 1 aromatic heterocycles. The second kappa shape index (κ2) is 6.46. The third-order valence-corrected chi connectivity index (χ3v) is 3.77. The lowest BCUT2D eigenvalue weighted by atomic mass is 10.1. The summed E-state index contributed by atoms with van der Waals surface area (Å²) in [5.41, 5.74) is 0.898. The SMILES string of the molecule is O=C(/C=C/c1ccccc1)N1CCC(c2noc(C(F)(F)F)n2)C1. The van der Waals surface area contributed by atoms with E-state index in [1.165, 1.54) is 6.08 Å². The lowest BCUT2D eigenvalue weighted by molar-refractivity contribution is -0.159. The smallest absolute Gasteiger partial charge is 0.338 e. The van der Waals surface area contributed by atoms with Crippen LogP contribution in [0.15, 0.2) is 40.9 Å². The van der Waals surface area contributed by atoms with Crippen molar-refractivity contribution in [2.24, 2.45) is 0 Å². The van der Waals surface area contributed by atoms with Crippen LogP contribution >= 0.6 is 0 Å². The largest absolute Gasteiger partial charge is 0.471 e. The molecule has 126 valence electrons. The molecule has 24 heavy (non-hydrogen) atoms. The maximum absolute atomic E-state index is 12.5. The van der Waals surface area contributed by atoms with Crippen LogP contribution < -0.4 is 0 Å². The summed E-state index contributed by atoms with van der Waals surface area (Å²) in [5.74, 6) is -1.91. The Balaban J connectivity index is 1.62. The molecule has 3 rings (SSSR count). The number of aromatic nitrogens is 2. The van der Waals surface area contributed by atoms with Crippen molar-refractivity contribution in [3.8, 4) is 0 Å². The Morgan fingerprint density at radius 1 is 1.29 bits per heavy atom. The molecule has 5 nitrogen and oxygen atoms in total. The van der Waals surface area contributed by atoms with Crippen LogP contribution in [-0.4, -0.2) is 34.0 Å². The number of amides is 1. The highest BCUT2D eigenvalue weighted by Crippen LogP contribution is 2.31. The molecule has 1 aromatic carbocycles. The van der Waals surface area contributed by atoms with Gasteiger partial charge in [-0.05, 0) is 18.1 Å². The number of halogens is 3. The molecule has 8 heteroatoms. The molecular formula is C16H14F3N3O2. The van der Waals surface area contributed by atoms with E-state index in [9.17, 15) is 18.0 Å². The molecule has 0 N–H and O–H groups in total. The maximum Gasteiger partial charge on any atom is 0.471 e. The quantitative estimate of drug-likeness (QED) is 0.808. The van der Waals surface area contributed by atoms with E-state index >= 15 is 0 Å². The molecule has 1 saturated heterocycles. The Morgan fingerprint density at radius 3 is 2.71 bits per heavy atom. The predicted octanol–water partition coefficient (Wildman–Crippen LogP) is 3.12. The molecular weight excluding hydrogens is 323 g/mol. The van der Waals surface area contributed by atoms with Crippen LogP contribution in [0.3, 0.4) is 0 Å². The maximum atomic E-state index is 12.5. The summed E-state index contributed by atoms with van der Waals surface area (Å²) >= 11 is 0. The van der Waals surface area contributed by atoms with Gasteiger partial charge in [0.1, 0.15) is 0 Å². The average Bonchev–Trinajstić information content (AvgIpc) is 3.21. The monoisotopic (exact) mass is 337 g/mol. The third kappa shape index (κ3) is 3.64. The zero-order valence-corrected chi connectivity index (χ0v) is 12.5. The summed E-state index contributed by atoms with van der Waals surface area (Å²) in [6, 6.07) is 9.35. The van der Waals surface area contributed by atoms with Crippen LogP contribution in [0.4, 0.5) is 13.2 Å². The first-order chi connectivity index (χ1) is 11.4. The lowest BCUT2D eigenvalue weighted by Gasteiger charge is -2.13. The summed E-state index contributed by atoms with van der Waals surface area (Å²) in [7, 11) is 0. The zero-order chi connectivity index (χ0) is 17.2. The highest BCUT2D eigenvalue weighted by Gasteiger charge is 2.40. The molecule has 1 fully saturated rings. The van der Waals surface area contributed by atoms with Crippen molar-refractivity contribution in [1.82, 2.24) is 15.0 Å². The minimum absolute atomic E-state index is 0.00957. The van der Waals surface area contributed by atoms with Gasteiger partial charge in [-0.25, -0.2) is 0 Å². The van der Waals surface area contributed by atoms with E-state index in [-0.39, 0.29) is 24.2 Å². The second-order valence-electron chi connectivity index (χ2n) is 5.47. The van der Waals surface area contributed by atoms with Gasteiger partial charge >= 0.3 is 12.1 Å². The summed E-state index contributed by atoms with van der Waals surface area (Å²) in [4.78, 5) is 17.1. The van der Waals surface area contributed by atoms with Crippen LogP contribution in [0.2, 0.25) is 0 Å². The zero-order valence-electron chi connectivity index (χ0n) is 12.5. The van der Waals surface area contributed by atoms with E-state index in [1.807, 2.05) is 30.3 Å². The molecule has 0 radical (unpaired) electrons. The van der Waals surface area contributed by atoms with Gasteiger partial charge in [0.15, 0.2) is 5.82 Å². The Hall–Kier alpha value is -2.64. The molecule has 1 aliphatic rings. The summed E-state index contributed by atoms with van der Waals surface area (Å²) in [6.45, 7) is 0.716. The number of carbonyl (C=O) groups excluding carboxylic acids is 1. The fourth-order valence-electron chi connectivity index (χ4n) is 2.52. The van der Waals surface area contributed by atoms with Gasteiger partial charge in [-0.1, -0.05) is 35.5 Å². The van der Waals surface area contributed by atoms with Crippen molar-refractivity contribution >= 4 is 12.0 Å². The number of rotatable bonds is 3. The van der Waals surface area contributed by atoms with E-state index in [2.05, 4.69) is 14.7 Å². The van der Waals surface area contributed by atoms with E-state index in [4.69, 9.17) is 0 Å². The fourth-order valence-corrected chi connectivity index (χ4v) is 2.52. The predicted molar refractivity (Wildman–Crippen MR) is 78.7 cm³/mol. The van der Waals surface area contributed by atoms with Crippen LogP contribution in [0.5, 0.6) is 0 Å². The summed E-state index contributed by atoms with van der Waals surface area (Å²) in [6.07, 6.45) is -1.000. The van der Waals surface area contributed by atoms with E-state index in [0.717, 1.165) is 5.56 Å². The first-order valence-corrected chi connectivity index (χ1v) is 7.36. The Bertz CT molecular complexity index is 741. The molecule has 0 bridgehead atoms. The first-order valence-electron chi connectivity index (χ1n) is 7.36. The van der Waals surface area contributed by atoms with Crippen LogP contribution in [0.1, 0.15) is 29.6 Å². The number of carbonyl (C=O) groups is 1. The molecule has 2 aromatic rings. The highest BCUT2D eigenvalue weighted by atomic mass is 19.4. The second-order valence-corrected chi connectivity index (χ2v) is 5.47. The van der Waals surface area contributed by atoms with E-state index in [1.54, 1.807) is 11.0 Å². The summed E-state index contributed by atoms with van der Waals surface area (Å²) < 4.78 is 41.7. The lowest BCUT2D eigenvalue weighted by Crippen LogP contribution is -2.26.